The van der Waals surface area contributed by atoms with Crippen molar-refractivity contribution in [3.05, 3.63) is 64.4 Å². The fraction of sp³-hybridized carbons (Fsp3) is 0.267. The first-order chi connectivity index (χ1) is 8.63. The van der Waals surface area contributed by atoms with E-state index in [4.69, 9.17) is 11.6 Å². The molecule has 2 aromatic rings. The van der Waals surface area contributed by atoms with Gasteiger partial charge in [-0.25, -0.2) is 4.98 Å². The normalized spacial score (nSPS) is 10.9. The van der Waals surface area contributed by atoms with Gasteiger partial charge in [0.2, 0.25) is 0 Å². The summed E-state index contributed by atoms with van der Waals surface area (Å²) in [6.45, 7) is 3.83. The summed E-state index contributed by atoms with van der Waals surface area (Å²) in [5, 5.41) is 0.552. The molecular weight excluding hydrogens is 244 g/mol. The van der Waals surface area contributed by atoms with Crippen LogP contribution in [0.25, 0.3) is 0 Å². The molecule has 0 aliphatic carbocycles. The minimum Gasteiger partial charge on any atom is -0.296 e. The lowest BCUT2D eigenvalue weighted by Crippen LogP contribution is -2.18. The number of aromatic nitrogens is 1. The third-order valence-electron chi connectivity index (χ3n) is 2.74. The molecule has 18 heavy (non-hydrogen) atoms. The van der Waals surface area contributed by atoms with Crippen LogP contribution in [0.15, 0.2) is 42.5 Å². The zero-order valence-corrected chi connectivity index (χ0v) is 11.5. The molecule has 0 spiro atoms. The van der Waals surface area contributed by atoms with Crippen molar-refractivity contribution in [1.29, 1.82) is 0 Å². The van der Waals surface area contributed by atoms with Gasteiger partial charge in [0.15, 0.2) is 0 Å². The van der Waals surface area contributed by atoms with E-state index in [2.05, 4.69) is 48.1 Å². The predicted molar refractivity (Wildman–Crippen MR) is 75.6 cm³/mol. The quantitative estimate of drug-likeness (QED) is 0.780. The summed E-state index contributed by atoms with van der Waals surface area (Å²) in [5.74, 6) is 0. The van der Waals surface area contributed by atoms with E-state index in [0.717, 1.165) is 18.8 Å². The summed E-state index contributed by atoms with van der Waals surface area (Å²) in [6, 6.07) is 14.3. The minimum atomic E-state index is 0.552. The van der Waals surface area contributed by atoms with E-state index in [1.165, 1.54) is 11.1 Å². The monoisotopic (exact) mass is 260 g/mol. The molecule has 0 saturated heterocycles. The van der Waals surface area contributed by atoms with Crippen LogP contribution in [-0.2, 0) is 13.1 Å². The molecule has 2 nitrogen and oxygen atoms in total. The van der Waals surface area contributed by atoms with Crippen molar-refractivity contribution in [2.45, 2.75) is 20.0 Å². The Morgan fingerprint density at radius 3 is 2.61 bits per heavy atom. The van der Waals surface area contributed by atoms with E-state index in [0.29, 0.717) is 5.15 Å². The minimum absolute atomic E-state index is 0.552. The third kappa shape index (κ3) is 3.83. The van der Waals surface area contributed by atoms with Crippen molar-refractivity contribution < 1.29 is 0 Å². The Morgan fingerprint density at radius 2 is 1.89 bits per heavy atom. The molecule has 1 heterocycles. The standard InChI is InChI=1S/C15H17ClN2/c1-12-5-3-6-13(9-12)10-18(2)11-14-7-4-8-15(16)17-14/h3-9H,10-11H2,1-2H3. The van der Waals surface area contributed by atoms with Crippen LogP contribution in [0, 0.1) is 6.92 Å². The van der Waals surface area contributed by atoms with Crippen LogP contribution in [0.3, 0.4) is 0 Å². The summed E-state index contributed by atoms with van der Waals surface area (Å²) >= 11 is 5.88. The molecule has 0 aliphatic heterocycles. The number of halogens is 1. The third-order valence-corrected chi connectivity index (χ3v) is 2.95. The van der Waals surface area contributed by atoms with Gasteiger partial charge in [-0.3, -0.25) is 4.90 Å². The molecule has 0 bridgehead atoms. The van der Waals surface area contributed by atoms with Crippen LogP contribution in [0.1, 0.15) is 16.8 Å². The number of nitrogens with zero attached hydrogens (tertiary/aromatic N) is 2. The van der Waals surface area contributed by atoms with Crippen LogP contribution in [0.5, 0.6) is 0 Å². The average molecular weight is 261 g/mol. The van der Waals surface area contributed by atoms with Crippen molar-refractivity contribution in [1.82, 2.24) is 9.88 Å². The Labute approximate surface area is 113 Å². The highest BCUT2D eigenvalue weighted by molar-refractivity contribution is 6.29. The first kappa shape index (κ1) is 13.1. The Morgan fingerprint density at radius 1 is 1.11 bits per heavy atom. The molecule has 94 valence electrons. The van der Waals surface area contributed by atoms with Gasteiger partial charge >= 0.3 is 0 Å². The largest absolute Gasteiger partial charge is 0.296 e. The molecule has 0 unspecified atom stereocenters. The van der Waals surface area contributed by atoms with E-state index in [-0.39, 0.29) is 0 Å². The SMILES string of the molecule is Cc1cccc(CN(C)Cc2cccc(Cl)n2)c1. The van der Waals surface area contributed by atoms with Gasteiger partial charge in [-0.1, -0.05) is 47.5 Å². The maximum atomic E-state index is 5.88. The molecule has 0 radical (unpaired) electrons. The lowest BCUT2D eigenvalue weighted by molar-refractivity contribution is 0.315. The summed E-state index contributed by atoms with van der Waals surface area (Å²) < 4.78 is 0. The second-order valence-corrected chi connectivity index (χ2v) is 5.00. The van der Waals surface area contributed by atoms with Gasteiger partial charge in [-0.15, -0.1) is 0 Å². The van der Waals surface area contributed by atoms with Crippen LogP contribution >= 0.6 is 11.6 Å². The van der Waals surface area contributed by atoms with Gasteiger partial charge in [0.05, 0.1) is 5.69 Å². The Kier molecular flexibility index (Phi) is 4.34. The summed E-state index contributed by atoms with van der Waals surface area (Å²) in [4.78, 5) is 6.53. The van der Waals surface area contributed by atoms with Gasteiger partial charge < -0.3 is 0 Å². The van der Waals surface area contributed by atoms with E-state index in [1.807, 2.05) is 12.1 Å². The average Bonchev–Trinajstić information content (AvgIpc) is 2.28. The molecule has 0 atom stereocenters. The highest BCUT2D eigenvalue weighted by atomic mass is 35.5. The first-order valence-electron chi connectivity index (χ1n) is 5.99. The van der Waals surface area contributed by atoms with Gasteiger partial charge in [0, 0.05) is 13.1 Å². The topological polar surface area (TPSA) is 16.1 Å². The van der Waals surface area contributed by atoms with Crippen LogP contribution in [0.4, 0.5) is 0 Å². The highest BCUT2D eigenvalue weighted by Crippen LogP contribution is 2.10. The van der Waals surface area contributed by atoms with Gasteiger partial charge in [-0.2, -0.15) is 0 Å². The Balaban J connectivity index is 1.98. The van der Waals surface area contributed by atoms with E-state index in [1.54, 1.807) is 6.07 Å². The fourth-order valence-corrected chi connectivity index (χ4v) is 2.17. The smallest absolute Gasteiger partial charge is 0.129 e. The van der Waals surface area contributed by atoms with Gasteiger partial charge in [-0.05, 0) is 31.7 Å². The van der Waals surface area contributed by atoms with Gasteiger partial charge in [0.25, 0.3) is 0 Å². The maximum absolute atomic E-state index is 5.88. The van der Waals surface area contributed by atoms with Crippen LogP contribution < -0.4 is 0 Å². The molecule has 1 aromatic carbocycles. The molecule has 0 N–H and O–H groups in total. The van der Waals surface area contributed by atoms with Crippen LogP contribution in [0.2, 0.25) is 5.15 Å². The molecular formula is C15H17ClN2. The zero-order valence-electron chi connectivity index (χ0n) is 10.7. The van der Waals surface area contributed by atoms with Crippen LogP contribution in [-0.4, -0.2) is 16.9 Å². The number of rotatable bonds is 4. The Hall–Kier alpha value is -1.38. The molecule has 3 heteroatoms. The van der Waals surface area contributed by atoms with Crippen molar-refractivity contribution >= 4 is 11.6 Å². The zero-order chi connectivity index (χ0) is 13.0. The van der Waals surface area contributed by atoms with Crippen molar-refractivity contribution in [2.75, 3.05) is 7.05 Å². The lowest BCUT2D eigenvalue weighted by atomic mass is 10.1. The van der Waals surface area contributed by atoms with Crippen molar-refractivity contribution in [2.24, 2.45) is 0 Å². The number of hydrogen-bond donors (Lipinski definition) is 0. The second-order valence-electron chi connectivity index (χ2n) is 4.61. The second kappa shape index (κ2) is 5.98. The molecule has 0 fully saturated rings. The maximum Gasteiger partial charge on any atom is 0.129 e. The number of aryl methyl sites for hydroxylation is 1. The Bertz CT molecular complexity index is 478. The number of benzene rings is 1. The molecule has 2 rings (SSSR count). The van der Waals surface area contributed by atoms with E-state index >= 15 is 0 Å². The highest BCUT2D eigenvalue weighted by Gasteiger charge is 2.03. The lowest BCUT2D eigenvalue weighted by Gasteiger charge is -2.16. The van der Waals surface area contributed by atoms with E-state index < -0.39 is 0 Å². The summed E-state index contributed by atoms with van der Waals surface area (Å²) in [6.07, 6.45) is 0. The van der Waals surface area contributed by atoms with Crippen molar-refractivity contribution in [3.8, 4) is 0 Å². The number of hydrogen-bond acceptors (Lipinski definition) is 2. The summed E-state index contributed by atoms with van der Waals surface area (Å²) in [5.41, 5.74) is 3.61. The fourth-order valence-electron chi connectivity index (χ4n) is 1.99. The first-order valence-corrected chi connectivity index (χ1v) is 6.37. The molecule has 1 aromatic heterocycles. The van der Waals surface area contributed by atoms with E-state index in [9.17, 15) is 0 Å². The van der Waals surface area contributed by atoms with Gasteiger partial charge in [0.1, 0.15) is 5.15 Å². The molecule has 0 saturated carbocycles. The molecule has 0 aliphatic rings. The van der Waals surface area contributed by atoms with Crippen molar-refractivity contribution in [3.63, 3.8) is 0 Å². The number of pyridine rings is 1. The molecule has 0 amide bonds. The predicted octanol–water partition coefficient (Wildman–Crippen LogP) is 3.68. The summed E-state index contributed by atoms with van der Waals surface area (Å²) in [7, 11) is 2.09.